The number of hydrogen-bond donors (Lipinski definition) is 0. The van der Waals surface area contributed by atoms with Crippen LogP contribution in [0.4, 0.5) is 0 Å². The van der Waals surface area contributed by atoms with Crippen molar-refractivity contribution in [3.63, 3.8) is 0 Å². The molecule has 1 aliphatic heterocycles. The van der Waals surface area contributed by atoms with Crippen LogP contribution in [0.2, 0.25) is 5.02 Å². The largest absolute Gasteiger partial charge is 0.378 e. The van der Waals surface area contributed by atoms with Gasteiger partial charge in [0.15, 0.2) is 0 Å². The number of nitrogens with zero attached hydrogens (tertiary/aromatic N) is 1. The Morgan fingerprint density at radius 3 is 2.47 bits per heavy atom. The molecule has 0 saturated carbocycles. The summed E-state index contributed by atoms with van der Waals surface area (Å²) in [6.07, 6.45) is 0. The van der Waals surface area contributed by atoms with E-state index < -0.39 is 15.0 Å². The van der Waals surface area contributed by atoms with Gasteiger partial charge in [0.05, 0.1) is 28.7 Å². The maximum atomic E-state index is 12.4. The summed E-state index contributed by atoms with van der Waals surface area (Å²) in [7, 11) is 1.31. The SMILES string of the molecule is O=C(c1c(Cl)cccc1S(=O)(=O)Cl)N1CCOCC1. The molecule has 0 aliphatic carbocycles. The summed E-state index contributed by atoms with van der Waals surface area (Å²) in [6.45, 7) is 1.62. The third-order valence-corrected chi connectivity index (χ3v) is 4.43. The maximum Gasteiger partial charge on any atom is 0.262 e. The molecule has 0 radical (unpaired) electrons. The summed E-state index contributed by atoms with van der Waals surface area (Å²) in [6, 6.07) is 4.16. The van der Waals surface area contributed by atoms with Crippen LogP contribution < -0.4 is 0 Å². The molecule has 1 aliphatic rings. The van der Waals surface area contributed by atoms with Crippen LogP contribution in [0, 0.1) is 0 Å². The molecule has 1 amide bonds. The van der Waals surface area contributed by atoms with Gasteiger partial charge in [-0.15, -0.1) is 0 Å². The molecule has 1 aromatic carbocycles. The highest BCUT2D eigenvalue weighted by molar-refractivity contribution is 8.13. The Morgan fingerprint density at radius 2 is 1.89 bits per heavy atom. The highest BCUT2D eigenvalue weighted by Crippen LogP contribution is 2.28. The first kappa shape index (κ1) is 14.6. The van der Waals surface area contributed by atoms with Gasteiger partial charge in [-0.25, -0.2) is 8.42 Å². The van der Waals surface area contributed by atoms with Crippen LogP contribution in [0.15, 0.2) is 23.1 Å². The van der Waals surface area contributed by atoms with Crippen molar-refractivity contribution in [1.82, 2.24) is 4.90 Å². The van der Waals surface area contributed by atoms with E-state index in [1.54, 1.807) is 0 Å². The normalized spacial score (nSPS) is 16.4. The average Bonchev–Trinajstić information content (AvgIpc) is 2.37. The summed E-state index contributed by atoms with van der Waals surface area (Å²) >= 11 is 5.95. The van der Waals surface area contributed by atoms with E-state index in [2.05, 4.69) is 0 Å². The fourth-order valence-electron chi connectivity index (χ4n) is 1.84. The van der Waals surface area contributed by atoms with E-state index in [1.807, 2.05) is 0 Å². The minimum atomic E-state index is -4.03. The molecule has 19 heavy (non-hydrogen) atoms. The quantitative estimate of drug-likeness (QED) is 0.778. The van der Waals surface area contributed by atoms with Gasteiger partial charge in [-0.2, -0.15) is 0 Å². The lowest BCUT2D eigenvalue weighted by Gasteiger charge is -2.27. The van der Waals surface area contributed by atoms with Gasteiger partial charge in [0.1, 0.15) is 0 Å². The molecule has 2 rings (SSSR count). The standard InChI is InChI=1S/C11H11Cl2NO4S/c12-8-2-1-3-9(19(13,16)17)10(8)11(15)14-4-6-18-7-5-14/h1-3H,4-7H2. The Morgan fingerprint density at radius 1 is 1.26 bits per heavy atom. The van der Waals surface area contributed by atoms with Crippen LogP contribution in [0.5, 0.6) is 0 Å². The van der Waals surface area contributed by atoms with Crippen LogP contribution >= 0.6 is 22.3 Å². The van der Waals surface area contributed by atoms with Crippen LogP contribution in [-0.4, -0.2) is 45.5 Å². The second-order valence-electron chi connectivity index (χ2n) is 3.96. The maximum absolute atomic E-state index is 12.4. The van der Waals surface area contributed by atoms with E-state index in [-0.39, 0.29) is 15.5 Å². The van der Waals surface area contributed by atoms with Crippen molar-refractivity contribution >= 4 is 37.2 Å². The van der Waals surface area contributed by atoms with Crippen LogP contribution in [-0.2, 0) is 13.8 Å². The van der Waals surface area contributed by atoms with Crippen molar-refractivity contribution in [2.45, 2.75) is 4.90 Å². The molecule has 1 aromatic rings. The van der Waals surface area contributed by atoms with Gasteiger partial charge < -0.3 is 9.64 Å². The summed E-state index contributed by atoms with van der Waals surface area (Å²) in [5.74, 6) is -0.451. The Balaban J connectivity index is 2.46. The van der Waals surface area contributed by atoms with E-state index in [4.69, 9.17) is 27.0 Å². The van der Waals surface area contributed by atoms with Gasteiger partial charge in [0.2, 0.25) is 0 Å². The van der Waals surface area contributed by atoms with Gasteiger partial charge in [0, 0.05) is 23.8 Å². The second kappa shape index (κ2) is 5.66. The lowest BCUT2D eigenvalue weighted by molar-refractivity contribution is 0.0300. The Bertz CT molecular complexity index is 597. The molecule has 0 spiro atoms. The molecule has 8 heteroatoms. The van der Waals surface area contributed by atoms with Crippen molar-refractivity contribution in [2.24, 2.45) is 0 Å². The summed E-state index contributed by atoms with van der Waals surface area (Å²) in [4.78, 5) is 13.6. The van der Waals surface area contributed by atoms with Crippen molar-refractivity contribution in [1.29, 1.82) is 0 Å². The number of halogens is 2. The summed E-state index contributed by atoms with van der Waals surface area (Å²) in [5.41, 5.74) is -0.0823. The first-order chi connectivity index (χ1) is 8.91. The zero-order chi connectivity index (χ0) is 14.0. The van der Waals surface area contributed by atoms with Gasteiger partial charge >= 0.3 is 0 Å². The molecule has 0 aromatic heterocycles. The van der Waals surface area contributed by atoms with Crippen molar-refractivity contribution < 1.29 is 17.9 Å². The van der Waals surface area contributed by atoms with Crippen molar-refractivity contribution in [3.05, 3.63) is 28.8 Å². The lowest BCUT2D eigenvalue weighted by atomic mass is 10.2. The number of carbonyl (C=O) groups excluding carboxylic acids is 1. The van der Waals surface area contributed by atoms with Crippen LogP contribution in [0.25, 0.3) is 0 Å². The second-order valence-corrected chi connectivity index (χ2v) is 6.90. The number of carbonyl (C=O) groups is 1. The predicted octanol–water partition coefficient (Wildman–Crippen LogP) is 1.74. The van der Waals surface area contributed by atoms with E-state index in [1.165, 1.54) is 23.1 Å². The first-order valence-electron chi connectivity index (χ1n) is 5.51. The molecular weight excluding hydrogens is 313 g/mol. The molecule has 1 fully saturated rings. The highest BCUT2D eigenvalue weighted by Gasteiger charge is 2.27. The fraction of sp³-hybridized carbons (Fsp3) is 0.364. The minimum absolute atomic E-state index is 0.0678. The van der Waals surface area contributed by atoms with Gasteiger partial charge in [-0.3, -0.25) is 4.79 Å². The van der Waals surface area contributed by atoms with Crippen molar-refractivity contribution in [3.8, 4) is 0 Å². The topological polar surface area (TPSA) is 63.7 Å². The first-order valence-corrected chi connectivity index (χ1v) is 8.20. The van der Waals surface area contributed by atoms with Gasteiger partial charge in [-0.1, -0.05) is 17.7 Å². The smallest absolute Gasteiger partial charge is 0.262 e. The average molecular weight is 324 g/mol. The number of amides is 1. The lowest BCUT2D eigenvalue weighted by Crippen LogP contribution is -2.41. The zero-order valence-corrected chi connectivity index (χ0v) is 12.1. The molecular formula is C11H11Cl2NO4S. The predicted molar refractivity (Wildman–Crippen MR) is 71.2 cm³/mol. The van der Waals surface area contributed by atoms with Crippen LogP contribution in [0.3, 0.4) is 0 Å². The number of hydrogen-bond acceptors (Lipinski definition) is 4. The third kappa shape index (κ3) is 3.20. The van der Waals surface area contributed by atoms with Gasteiger partial charge in [0.25, 0.3) is 15.0 Å². The van der Waals surface area contributed by atoms with Gasteiger partial charge in [-0.05, 0) is 12.1 Å². The minimum Gasteiger partial charge on any atom is -0.378 e. The van der Waals surface area contributed by atoms with E-state index in [0.717, 1.165) is 0 Å². The van der Waals surface area contributed by atoms with E-state index in [9.17, 15) is 13.2 Å². The molecule has 1 heterocycles. The number of rotatable bonds is 2. The zero-order valence-electron chi connectivity index (χ0n) is 9.80. The molecule has 5 nitrogen and oxygen atoms in total. The number of benzene rings is 1. The summed E-state index contributed by atoms with van der Waals surface area (Å²) in [5, 5.41) is 0.0678. The third-order valence-electron chi connectivity index (χ3n) is 2.75. The molecule has 0 unspecified atom stereocenters. The number of ether oxygens (including phenoxy) is 1. The van der Waals surface area contributed by atoms with E-state index in [0.29, 0.717) is 26.3 Å². The van der Waals surface area contributed by atoms with E-state index >= 15 is 0 Å². The Hall–Kier alpha value is -0.820. The molecule has 1 saturated heterocycles. The molecule has 0 N–H and O–H groups in total. The monoisotopic (exact) mass is 323 g/mol. The molecule has 0 bridgehead atoms. The summed E-state index contributed by atoms with van der Waals surface area (Å²) < 4.78 is 28.2. The van der Waals surface area contributed by atoms with Crippen molar-refractivity contribution in [2.75, 3.05) is 26.3 Å². The number of morpholine rings is 1. The molecule has 104 valence electrons. The Labute approximate surface area is 120 Å². The highest BCUT2D eigenvalue weighted by atomic mass is 35.7. The fourth-order valence-corrected chi connectivity index (χ4v) is 3.22. The molecule has 0 atom stereocenters. The van der Waals surface area contributed by atoms with Crippen LogP contribution in [0.1, 0.15) is 10.4 Å². The Kier molecular flexibility index (Phi) is 4.35.